The van der Waals surface area contributed by atoms with Gasteiger partial charge in [-0.1, -0.05) is 11.6 Å². The normalized spacial score (nSPS) is 10.2. The summed E-state index contributed by atoms with van der Waals surface area (Å²) in [5.74, 6) is 0.811. The second-order valence-electron chi connectivity index (χ2n) is 3.47. The molecule has 0 unspecified atom stereocenters. The van der Waals surface area contributed by atoms with Crippen LogP contribution in [0.1, 0.15) is 0 Å². The predicted molar refractivity (Wildman–Crippen MR) is 71.6 cm³/mol. The highest BCUT2D eigenvalue weighted by Crippen LogP contribution is 2.20. The van der Waals surface area contributed by atoms with E-state index < -0.39 is 0 Å². The molecule has 0 saturated heterocycles. The third-order valence-electron chi connectivity index (χ3n) is 2.38. The molecular weight excluding hydrogens is 257 g/mol. The maximum Gasteiger partial charge on any atom is 0.178 e. The van der Waals surface area contributed by atoms with E-state index >= 15 is 0 Å². The molecule has 0 fully saturated rings. The van der Waals surface area contributed by atoms with Gasteiger partial charge >= 0.3 is 0 Å². The van der Waals surface area contributed by atoms with Crippen molar-refractivity contribution in [2.24, 2.45) is 0 Å². The second-order valence-corrected chi connectivity index (χ2v) is 3.90. The second kappa shape index (κ2) is 4.73. The highest BCUT2D eigenvalue weighted by molar-refractivity contribution is 6.30. The summed E-state index contributed by atoms with van der Waals surface area (Å²) in [4.78, 5) is 11.8. The van der Waals surface area contributed by atoms with E-state index in [0.29, 0.717) is 0 Å². The average Bonchev–Trinajstić information content (AvgIpc) is 2.73. The van der Waals surface area contributed by atoms with Gasteiger partial charge < -0.3 is 4.98 Å². The molecule has 3 rings (SSSR count). The Balaban J connectivity index is 0.00000108. The van der Waals surface area contributed by atoms with E-state index in [0.717, 1.165) is 27.6 Å². The maximum absolute atomic E-state index is 5.83. The van der Waals surface area contributed by atoms with Gasteiger partial charge in [-0.3, -0.25) is 0 Å². The molecule has 86 valence electrons. The molecule has 0 spiro atoms. The third kappa shape index (κ3) is 2.25. The van der Waals surface area contributed by atoms with E-state index in [4.69, 9.17) is 11.6 Å². The zero-order valence-corrected chi connectivity index (χ0v) is 10.3. The number of rotatable bonds is 1. The highest BCUT2D eigenvalue weighted by atomic mass is 35.5. The van der Waals surface area contributed by atoms with Crippen molar-refractivity contribution < 1.29 is 0 Å². The van der Waals surface area contributed by atoms with Gasteiger partial charge in [0.25, 0.3) is 0 Å². The molecule has 1 N–H and O–H groups in total. The Morgan fingerprint density at radius 2 is 1.82 bits per heavy atom. The van der Waals surface area contributed by atoms with E-state index in [9.17, 15) is 0 Å². The van der Waals surface area contributed by atoms with Crippen LogP contribution in [0.4, 0.5) is 0 Å². The zero-order valence-electron chi connectivity index (χ0n) is 8.72. The minimum Gasteiger partial charge on any atom is -0.337 e. The summed E-state index contributed by atoms with van der Waals surface area (Å²) in [7, 11) is 0. The number of aromatic nitrogens is 3. The molecule has 0 aliphatic carbocycles. The first kappa shape index (κ1) is 11.9. The van der Waals surface area contributed by atoms with Gasteiger partial charge in [-0.25, -0.2) is 9.97 Å². The van der Waals surface area contributed by atoms with Crippen molar-refractivity contribution in [3.05, 3.63) is 47.6 Å². The van der Waals surface area contributed by atoms with Gasteiger partial charge in [0.15, 0.2) is 5.65 Å². The van der Waals surface area contributed by atoms with Crippen LogP contribution in [0.3, 0.4) is 0 Å². The summed E-state index contributed by atoms with van der Waals surface area (Å²) in [6, 6.07) is 11.4. The van der Waals surface area contributed by atoms with Gasteiger partial charge in [-0.15, -0.1) is 12.4 Å². The molecule has 0 amide bonds. The molecule has 1 aromatic carbocycles. The molecule has 3 nitrogen and oxygen atoms in total. The lowest BCUT2D eigenvalue weighted by atomic mass is 10.2. The fraction of sp³-hybridized carbons (Fsp3) is 0. The molecule has 0 saturated carbocycles. The van der Waals surface area contributed by atoms with E-state index in [1.807, 2.05) is 36.4 Å². The van der Waals surface area contributed by atoms with Crippen molar-refractivity contribution in [1.82, 2.24) is 15.0 Å². The fourth-order valence-corrected chi connectivity index (χ4v) is 1.72. The van der Waals surface area contributed by atoms with Gasteiger partial charge in [0.2, 0.25) is 0 Å². The predicted octanol–water partition coefficient (Wildman–Crippen LogP) is 3.70. The Labute approximate surface area is 109 Å². The van der Waals surface area contributed by atoms with Gasteiger partial charge in [-0.05, 0) is 36.4 Å². The average molecular weight is 266 g/mol. The van der Waals surface area contributed by atoms with Crippen LogP contribution < -0.4 is 0 Å². The van der Waals surface area contributed by atoms with Gasteiger partial charge in [0.1, 0.15) is 5.82 Å². The summed E-state index contributed by atoms with van der Waals surface area (Å²) in [6.45, 7) is 0. The Bertz CT molecular complexity index is 599. The number of hydrogen-bond acceptors (Lipinski definition) is 2. The van der Waals surface area contributed by atoms with Crippen molar-refractivity contribution >= 4 is 35.2 Å². The first-order chi connectivity index (χ1) is 7.83. The number of nitrogens with one attached hydrogen (secondary N) is 1. The summed E-state index contributed by atoms with van der Waals surface area (Å²) in [5.41, 5.74) is 2.67. The molecule has 2 heterocycles. The minimum atomic E-state index is 0. The molecule has 0 aliphatic heterocycles. The number of nitrogens with zero attached hydrogens (tertiary/aromatic N) is 2. The van der Waals surface area contributed by atoms with Crippen LogP contribution in [-0.4, -0.2) is 15.0 Å². The van der Waals surface area contributed by atoms with E-state index in [1.54, 1.807) is 6.20 Å². The minimum absolute atomic E-state index is 0. The van der Waals surface area contributed by atoms with E-state index in [-0.39, 0.29) is 12.4 Å². The number of H-pyrrole nitrogens is 1. The van der Waals surface area contributed by atoms with Crippen LogP contribution in [0, 0.1) is 0 Å². The molecule has 3 aromatic rings. The Morgan fingerprint density at radius 1 is 1.06 bits per heavy atom. The zero-order chi connectivity index (χ0) is 11.0. The lowest BCUT2D eigenvalue weighted by Gasteiger charge is -1.95. The molecule has 5 heteroatoms. The lowest BCUT2D eigenvalue weighted by Crippen LogP contribution is -1.79. The van der Waals surface area contributed by atoms with Crippen LogP contribution in [0.2, 0.25) is 5.02 Å². The molecule has 0 radical (unpaired) electrons. The van der Waals surface area contributed by atoms with Crippen molar-refractivity contribution in [2.75, 3.05) is 0 Å². The molecular formula is C12H9Cl2N3. The number of halogens is 2. The number of pyridine rings is 1. The lowest BCUT2D eigenvalue weighted by molar-refractivity contribution is 1.30. The van der Waals surface area contributed by atoms with Crippen molar-refractivity contribution in [3.63, 3.8) is 0 Å². The Morgan fingerprint density at radius 3 is 2.53 bits per heavy atom. The number of fused-ring (bicyclic) bond motifs is 1. The summed E-state index contributed by atoms with van der Waals surface area (Å²) in [5, 5.41) is 0.720. The summed E-state index contributed by atoms with van der Waals surface area (Å²) >= 11 is 5.83. The number of hydrogen-bond donors (Lipinski definition) is 1. The highest BCUT2D eigenvalue weighted by Gasteiger charge is 2.04. The molecule has 0 aliphatic rings. The molecule has 17 heavy (non-hydrogen) atoms. The largest absolute Gasteiger partial charge is 0.337 e. The Hall–Kier alpha value is -1.58. The van der Waals surface area contributed by atoms with Crippen LogP contribution >= 0.6 is 24.0 Å². The third-order valence-corrected chi connectivity index (χ3v) is 2.63. The topological polar surface area (TPSA) is 41.6 Å². The van der Waals surface area contributed by atoms with Crippen molar-refractivity contribution in [2.45, 2.75) is 0 Å². The van der Waals surface area contributed by atoms with Crippen LogP contribution in [0.15, 0.2) is 42.6 Å². The molecule has 2 aromatic heterocycles. The van der Waals surface area contributed by atoms with Gasteiger partial charge in [0, 0.05) is 16.8 Å². The maximum atomic E-state index is 5.83. The summed E-state index contributed by atoms with van der Waals surface area (Å²) in [6.07, 6.45) is 1.73. The first-order valence-corrected chi connectivity index (χ1v) is 5.27. The smallest absolute Gasteiger partial charge is 0.178 e. The van der Waals surface area contributed by atoms with E-state index in [1.165, 1.54) is 0 Å². The standard InChI is InChI=1S/C12H8ClN3.ClH/c13-9-5-3-8(4-6-9)11-15-10-2-1-7-14-12(10)16-11;/h1-7H,(H,14,15,16);1H. The SMILES string of the molecule is Cl.Clc1ccc(-c2nc3ncccc3[nH]2)cc1. The first-order valence-electron chi connectivity index (χ1n) is 4.89. The molecule has 0 atom stereocenters. The van der Waals surface area contributed by atoms with Gasteiger partial charge in [0.05, 0.1) is 5.52 Å². The fourth-order valence-electron chi connectivity index (χ4n) is 1.59. The molecule has 0 bridgehead atoms. The van der Waals surface area contributed by atoms with Crippen LogP contribution in [-0.2, 0) is 0 Å². The van der Waals surface area contributed by atoms with Crippen molar-refractivity contribution in [3.8, 4) is 11.4 Å². The van der Waals surface area contributed by atoms with Gasteiger partial charge in [-0.2, -0.15) is 0 Å². The monoisotopic (exact) mass is 265 g/mol. The van der Waals surface area contributed by atoms with E-state index in [2.05, 4.69) is 15.0 Å². The number of benzene rings is 1. The number of imidazole rings is 1. The van der Waals surface area contributed by atoms with Crippen LogP contribution in [0.5, 0.6) is 0 Å². The van der Waals surface area contributed by atoms with Crippen LogP contribution in [0.25, 0.3) is 22.6 Å². The Kier molecular flexibility index (Phi) is 3.31. The summed E-state index contributed by atoms with van der Waals surface area (Å²) < 4.78 is 0. The van der Waals surface area contributed by atoms with Crippen molar-refractivity contribution in [1.29, 1.82) is 0 Å². The quantitative estimate of drug-likeness (QED) is 0.729. The number of aromatic amines is 1.